The van der Waals surface area contributed by atoms with Crippen LogP contribution in [0.3, 0.4) is 0 Å². The number of hydrogen-bond acceptors (Lipinski definition) is 2. The number of carbonyl (C=O) groups excluding carboxylic acids is 1. The molecule has 0 radical (unpaired) electrons. The molecule has 23 heavy (non-hydrogen) atoms. The molecular formula is C20H21NO2. The number of carbonyl (C=O) groups is 1. The number of allylic oxidation sites excluding steroid dienone is 1. The topological polar surface area (TPSA) is 40.5 Å². The Morgan fingerprint density at radius 2 is 2.04 bits per heavy atom. The Morgan fingerprint density at radius 1 is 1.30 bits per heavy atom. The lowest BCUT2D eigenvalue weighted by atomic mass is 9.97. The van der Waals surface area contributed by atoms with Gasteiger partial charge < -0.3 is 10.0 Å². The van der Waals surface area contributed by atoms with Crippen molar-refractivity contribution in [3.8, 4) is 5.75 Å². The minimum absolute atomic E-state index is 0.0134. The molecule has 3 rings (SSSR count). The van der Waals surface area contributed by atoms with Gasteiger partial charge in [-0.3, -0.25) is 4.79 Å². The van der Waals surface area contributed by atoms with Gasteiger partial charge in [0.2, 0.25) is 0 Å². The van der Waals surface area contributed by atoms with Crippen LogP contribution in [0.2, 0.25) is 0 Å². The van der Waals surface area contributed by atoms with Crippen molar-refractivity contribution in [2.24, 2.45) is 0 Å². The minimum Gasteiger partial charge on any atom is -0.507 e. The minimum atomic E-state index is 0.0134. The van der Waals surface area contributed by atoms with Gasteiger partial charge in [0.05, 0.1) is 6.54 Å². The molecule has 2 aromatic rings. The van der Waals surface area contributed by atoms with Crippen molar-refractivity contribution in [2.45, 2.75) is 26.3 Å². The number of phenols is 1. The number of hydrogen-bond donors (Lipinski definition) is 1. The molecule has 0 bridgehead atoms. The third kappa shape index (κ3) is 2.87. The maximum atomic E-state index is 12.6. The standard InChI is InChI=1S/C20H21NO2/c1-3-7-16-14(2)12-17-18(19(16)22)13-21(20(17)23)11-10-15-8-5-4-6-9-15/h3-6,8-9,12,22H,1,7,10-11,13H2,2H3. The van der Waals surface area contributed by atoms with Crippen LogP contribution in [0, 0.1) is 6.92 Å². The summed E-state index contributed by atoms with van der Waals surface area (Å²) in [5.74, 6) is 0.273. The zero-order valence-electron chi connectivity index (χ0n) is 13.4. The largest absolute Gasteiger partial charge is 0.507 e. The number of aromatic hydroxyl groups is 1. The summed E-state index contributed by atoms with van der Waals surface area (Å²) in [7, 11) is 0. The van der Waals surface area contributed by atoms with Gasteiger partial charge >= 0.3 is 0 Å². The van der Waals surface area contributed by atoms with Crippen LogP contribution in [-0.4, -0.2) is 22.5 Å². The number of aryl methyl sites for hydroxylation is 1. The van der Waals surface area contributed by atoms with E-state index in [1.807, 2.05) is 36.1 Å². The molecule has 0 spiro atoms. The van der Waals surface area contributed by atoms with E-state index in [1.165, 1.54) is 5.56 Å². The second-order valence-electron chi connectivity index (χ2n) is 6.00. The summed E-state index contributed by atoms with van der Waals surface area (Å²) in [4.78, 5) is 14.4. The van der Waals surface area contributed by atoms with E-state index in [2.05, 4.69) is 18.7 Å². The number of nitrogens with zero attached hydrogens (tertiary/aromatic N) is 1. The molecule has 1 aliphatic rings. The lowest BCUT2D eigenvalue weighted by Crippen LogP contribution is -2.26. The molecule has 0 aromatic heterocycles. The van der Waals surface area contributed by atoms with Crippen molar-refractivity contribution in [3.63, 3.8) is 0 Å². The molecule has 118 valence electrons. The van der Waals surface area contributed by atoms with Crippen molar-refractivity contribution in [1.82, 2.24) is 4.90 Å². The highest BCUT2D eigenvalue weighted by atomic mass is 16.3. The molecule has 0 aliphatic carbocycles. The average molecular weight is 307 g/mol. The quantitative estimate of drug-likeness (QED) is 0.857. The highest BCUT2D eigenvalue weighted by molar-refractivity contribution is 5.99. The number of benzene rings is 2. The van der Waals surface area contributed by atoms with Crippen LogP contribution in [-0.2, 0) is 19.4 Å². The van der Waals surface area contributed by atoms with Crippen molar-refractivity contribution in [2.75, 3.05) is 6.54 Å². The van der Waals surface area contributed by atoms with Gasteiger partial charge in [-0.2, -0.15) is 0 Å². The highest BCUT2D eigenvalue weighted by Gasteiger charge is 2.31. The van der Waals surface area contributed by atoms with Crippen LogP contribution in [0.1, 0.15) is 32.6 Å². The number of amides is 1. The Bertz CT molecular complexity index is 750. The van der Waals surface area contributed by atoms with Crippen molar-refractivity contribution >= 4 is 5.91 Å². The monoisotopic (exact) mass is 307 g/mol. The van der Waals surface area contributed by atoms with Crippen LogP contribution in [0.15, 0.2) is 49.1 Å². The van der Waals surface area contributed by atoms with Gasteiger partial charge in [-0.1, -0.05) is 36.4 Å². The third-order valence-electron chi connectivity index (χ3n) is 4.46. The van der Waals surface area contributed by atoms with E-state index in [0.717, 1.165) is 23.1 Å². The smallest absolute Gasteiger partial charge is 0.254 e. The summed E-state index contributed by atoms with van der Waals surface area (Å²) in [6.07, 6.45) is 3.21. The first kappa shape index (κ1) is 15.3. The molecular weight excluding hydrogens is 286 g/mol. The fourth-order valence-electron chi connectivity index (χ4n) is 3.16. The summed E-state index contributed by atoms with van der Waals surface area (Å²) in [6.45, 7) is 6.81. The van der Waals surface area contributed by atoms with E-state index in [9.17, 15) is 9.90 Å². The molecule has 3 nitrogen and oxygen atoms in total. The summed E-state index contributed by atoms with van der Waals surface area (Å²) < 4.78 is 0. The van der Waals surface area contributed by atoms with Crippen LogP contribution < -0.4 is 0 Å². The molecule has 1 amide bonds. The predicted octanol–water partition coefficient (Wildman–Crippen LogP) is 3.63. The highest BCUT2D eigenvalue weighted by Crippen LogP contribution is 2.35. The Morgan fingerprint density at radius 3 is 2.74 bits per heavy atom. The molecule has 0 saturated heterocycles. The second kappa shape index (κ2) is 6.29. The van der Waals surface area contributed by atoms with Gasteiger partial charge in [0.15, 0.2) is 0 Å². The Balaban J connectivity index is 1.81. The van der Waals surface area contributed by atoms with Gasteiger partial charge in [-0.25, -0.2) is 0 Å². The summed E-state index contributed by atoms with van der Waals surface area (Å²) >= 11 is 0. The van der Waals surface area contributed by atoms with Crippen LogP contribution >= 0.6 is 0 Å². The molecule has 0 atom stereocenters. The van der Waals surface area contributed by atoms with E-state index in [-0.39, 0.29) is 11.7 Å². The van der Waals surface area contributed by atoms with Crippen LogP contribution in [0.5, 0.6) is 5.75 Å². The summed E-state index contributed by atoms with van der Waals surface area (Å²) in [5.41, 5.74) is 4.42. The third-order valence-corrected chi connectivity index (χ3v) is 4.46. The first-order valence-corrected chi connectivity index (χ1v) is 7.90. The van der Waals surface area contributed by atoms with E-state index >= 15 is 0 Å². The van der Waals surface area contributed by atoms with Crippen LogP contribution in [0.4, 0.5) is 0 Å². The van der Waals surface area contributed by atoms with E-state index in [4.69, 9.17) is 0 Å². The molecule has 1 aliphatic heterocycles. The Kier molecular flexibility index (Phi) is 4.20. The summed E-state index contributed by atoms with van der Waals surface area (Å²) in [6, 6.07) is 12.0. The Hall–Kier alpha value is -2.55. The zero-order valence-corrected chi connectivity index (χ0v) is 13.4. The molecule has 1 heterocycles. The van der Waals surface area contributed by atoms with E-state index in [0.29, 0.717) is 25.1 Å². The summed E-state index contributed by atoms with van der Waals surface area (Å²) in [5, 5.41) is 10.5. The number of phenolic OH excluding ortho intramolecular Hbond substituents is 1. The number of rotatable bonds is 5. The Labute approximate surface area is 136 Å². The lowest BCUT2D eigenvalue weighted by molar-refractivity contribution is 0.0780. The lowest BCUT2D eigenvalue weighted by Gasteiger charge is -2.15. The second-order valence-corrected chi connectivity index (χ2v) is 6.00. The molecule has 1 N–H and O–H groups in total. The van der Waals surface area contributed by atoms with Crippen molar-refractivity contribution in [3.05, 3.63) is 76.9 Å². The van der Waals surface area contributed by atoms with Gasteiger partial charge in [0.25, 0.3) is 5.91 Å². The fraction of sp³-hybridized carbons (Fsp3) is 0.250. The molecule has 2 aromatic carbocycles. The average Bonchev–Trinajstić information content (AvgIpc) is 2.87. The first-order chi connectivity index (χ1) is 11.1. The molecule has 0 unspecified atom stereocenters. The molecule has 3 heteroatoms. The molecule has 0 saturated carbocycles. The van der Waals surface area contributed by atoms with Gasteiger partial charge in [0, 0.05) is 23.2 Å². The van der Waals surface area contributed by atoms with Crippen molar-refractivity contribution < 1.29 is 9.90 Å². The normalized spacial score (nSPS) is 13.3. The maximum Gasteiger partial charge on any atom is 0.254 e. The van der Waals surface area contributed by atoms with Crippen molar-refractivity contribution in [1.29, 1.82) is 0 Å². The maximum absolute atomic E-state index is 12.6. The van der Waals surface area contributed by atoms with E-state index in [1.54, 1.807) is 6.08 Å². The number of fused-ring (bicyclic) bond motifs is 1. The van der Waals surface area contributed by atoms with E-state index < -0.39 is 0 Å². The zero-order chi connectivity index (χ0) is 16.4. The molecule has 0 fully saturated rings. The van der Waals surface area contributed by atoms with Gasteiger partial charge in [-0.15, -0.1) is 6.58 Å². The predicted molar refractivity (Wildman–Crippen MR) is 91.6 cm³/mol. The van der Waals surface area contributed by atoms with Gasteiger partial charge in [-0.05, 0) is 37.0 Å². The van der Waals surface area contributed by atoms with Gasteiger partial charge in [0.1, 0.15) is 5.75 Å². The fourth-order valence-corrected chi connectivity index (χ4v) is 3.16. The SMILES string of the molecule is C=CCc1c(C)cc2c(c1O)CN(CCc1ccccc1)C2=O. The first-order valence-electron chi connectivity index (χ1n) is 7.90. The van der Waals surface area contributed by atoms with Crippen LogP contribution in [0.25, 0.3) is 0 Å².